The van der Waals surface area contributed by atoms with Gasteiger partial charge in [0.1, 0.15) is 11.6 Å². The molecule has 2 amide bonds. The second-order valence-corrected chi connectivity index (χ2v) is 6.46. The van der Waals surface area contributed by atoms with Gasteiger partial charge in [0.15, 0.2) is 0 Å². The zero-order valence-corrected chi connectivity index (χ0v) is 12.8. The van der Waals surface area contributed by atoms with Gasteiger partial charge in [0.05, 0.1) is 6.07 Å². The molecule has 2 fully saturated rings. The summed E-state index contributed by atoms with van der Waals surface area (Å²) in [5, 5.41) is 14.9. The van der Waals surface area contributed by atoms with Crippen LogP contribution in [0.1, 0.15) is 64.7 Å². The quantitative estimate of drug-likeness (QED) is 0.831. The Hall–Kier alpha value is -1.57. The number of hydrogen-bond acceptors (Lipinski definition) is 3. The summed E-state index contributed by atoms with van der Waals surface area (Å²) in [5.41, 5.74) is -0.721. The van der Waals surface area contributed by atoms with E-state index < -0.39 is 11.6 Å². The number of nitrogens with one attached hydrogen (secondary N) is 2. The number of nitriles is 1. The third kappa shape index (κ3) is 3.96. The Morgan fingerprint density at radius 3 is 2.33 bits per heavy atom. The van der Waals surface area contributed by atoms with Crippen LogP contribution in [-0.4, -0.2) is 23.4 Å². The fraction of sp³-hybridized carbons (Fsp3) is 0.812. The van der Waals surface area contributed by atoms with Gasteiger partial charge < -0.3 is 10.6 Å². The highest BCUT2D eigenvalue weighted by atomic mass is 16.2. The second kappa shape index (κ2) is 6.93. The Bertz CT molecular complexity index is 429. The first kappa shape index (κ1) is 15.8. The maximum Gasteiger partial charge on any atom is 0.243 e. The van der Waals surface area contributed by atoms with Crippen molar-refractivity contribution in [1.82, 2.24) is 10.6 Å². The van der Waals surface area contributed by atoms with Crippen LogP contribution in [0.25, 0.3) is 0 Å². The fourth-order valence-electron chi connectivity index (χ4n) is 3.35. The van der Waals surface area contributed by atoms with E-state index in [1.807, 2.05) is 0 Å². The molecule has 21 heavy (non-hydrogen) atoms. The molecule has 0 unspecified atom stereocenters. The molecule has 116 valence electrons. The van der Waals surface area contributed by atoms with E-state index in [2.05, 4.69) is 16.7 Å². The summed E-state index contributed by atoms with van der Waals surface area (Å²) in [4.78, 5) is 24.3. The Kier molecular flexibility index (Phi) is 5.22. The van der Waals surface area contributed by atoms with Gasteiger partial charge in [-0.25, -0.2) is 0 Å². The summed E-state index contributed by atoms with van der Waals surface area (Å²) in [6.07, 6.45) is 8.58. The Morgan fingerprint density at radius 2 is 1.76 bits per heavy atom. The molecule has 0 aromatic rings. The molecule has 0 saturated heterocycles. The predicted molar refractivity (Wildman–Crippen MR) is 79.1 cm³/mol. The van der Waals surface area contributed by atoms with Crippen molar-refractivity contribution in [3.63, 3.8) is 0 Å². The highest BCUT2D eigenvalue weighted by molar-refractivity contribution is 5.88. The lowest BCUT2D eigenvalue weighted by Gasteiger charge is -2.26. The standard InChI is InChI=1S/C16H25N3O2/c1-12(18-15(21)13-7-3-2-4-8-13)14(20)19-16(11-17)9-5-6-10-16/h12-13H,2-10H2,1H3,(H,18,21)(H,19,20)/t12-/m0/s1. The molecule has 0 aromatic carbocycles. The predicted octanol–water partition coefficient (Wildman–Crippen LogP) is 2.02. The Morgan fingerprint density at radius 1 is 1.14 bits per heavy atom. The molecule has 0 bridgehead atoms. The van der Waals surface area contributed by atoms with E-state index in [-0.39, 0.29) is 17.7 Å². The third-order valence-electron chi connectivity index (χ3n) is 4.76. The zero-order chi connectivity index (χ0) is 15.3. The molecule has 0 radical (unpaired) electrons. The molecule has 5 nitrogen and oxygen atoms in total. The van der Waals surface area contributed by atoms with Crippen LogP contribution < -0.4 is 10.6 Å². The Balaban J connectivity index is 1.84. The van der Waals surface area contributed by atoms with Crippen molar-refractivity contribution in [3.05, 3.63) is 0 Å². The molecular formula is C16H25N3O2. The number of amides is 2. The normalized spacial score (nSPS) is 23.0. The lowest BCUT2D eigenvalue weighted by atomic mass is 9.88. The highest BCUT2D eigenvalue weighted by Crippen LogP contribution is 2.29. The van der Waals surface area contributed by atoms with Gasteiger partial charge in [-0.2, -0.15) is 5.26 Å². The molecule has 0 aliphatic heterocycles. The molecule has 2 rings (SSSR count). The first-order chi connectivity index (χ1) is 10.1. The molecule has 2 aliphatic carbocycles. The minimum absolute atomic E-state index is 0.0187. The number of rotatable bonds is 4. The lowest BCUT2D eigenvalue weighted by molar-refractivity contribution is -0.132. The first-order valence-electron chi connectivity index (χ1n) is 8.10. The van der Waals surface area contributed by atoms with Gasteiger partial charge in [-0.3, -0.25) is 9.59 Å². The van der Waals surface area contributed by atoms with Crippen LogP contribution >= 0.6 is 0 Å². The smallest absolute Gasteiger partial charge is 0.243 e. The molecule has 0 aromatic heterocycles. The van der Waals surface area contributed by atoms with Crippen LogP contribution in [0, 0.1) is 17.2 Å². The SMILES string of the molecule is C[C@H](NC(=O)C1CCCCC1)C(=O)NC1(C#N)CCCC1. The van der Waals surface area contributed by atoms with Crippen molar-refractivity contribution in [1.29, 1.82) is 5.26 Å². The van der Waals surface area contributed by atoms with Gasteiger partial charge in [-0.1, -0.05) is 19.3 Å². The van der Waals surface area contributed by atoms with E-state index >= 15 is 0 Å². The Labute approximate surface area is 126 Å². The van der Waals surface area contributed by atoms with Crippen molar-refractivity contribution < 1.29 is 9.59 Å². The van der Waals surface area contributed by atoms with Gasteiger partial charge in [0.25, 0.3) is 0 Å². The van der Waals surface area contributed by atoms with Gasteiger partial charge in [-0.15, -0.1) is 0 Å². The lowest BCUT2D eigenvalue weighted by Crippen LogP contribution is -2.53. The minimum atomic E-state index is -0.721. The van der Waals surface area contributed by atoms with Crippen LogP contribution in [0.3, 0.4) is 0 Å². The van der Waals surface area contributed by atoms with Crippen molar-refractivity contribution in [3.8, 4) is 6.07 Å². The molecule has 0 spiro atoms. The largest absolute Gasteiger partial charge is 0.344 e. The molecule has 1 atom stereocenters. The molecule has 2 N–H and O–H groups in total. The summed E-state index contributed by atoms with van der Waals surface area (Å²) in [5.74, 6) is -0.220. The summed E-state index contributed by atoms with van der Waals surface area (Å²) in [7, 11) is 0. The zero-order valence-electron chi connectivity index (χ0n) is 12.8. The maximum atomic E-state index is 12.2. The third-order valence-corrected chi connectivity index (χ3v) is 4.76. The topological polar surface area (TPSA) is 82.0 Å². The summed E-state index contributed by atoms with van der Waals surface area (Å²) >= 11 is 0. The fourth-order valence-corrected chi connectivity index (χ4v) is 3.35. The van der Waals surface area contributed by atoms with Crippen molar-refractivity contribution >= 4 is 11.8 Å². The number of nitrogens with zero attached hydrogens (tertiary/aromatic N) is 1. The summed E-state index contributed by atoms with van der Waals surface area (Å²) < 4.78 is 0. The van der Waals surface area contributed by atoms with Crippen molar-refractivity contribution in [2.75, 3.05) is 0 Å². The molecule has 2 aliphatic rings. The minimum Gasteiger partial charge on any atom is -0.344 e. The number of carbonyl (C=O) groups is 2. The van der Waals surface area contributed by atoms with Crippen LogP contribution in [0.5, 0.6) is 0 Å². The number of carbonyl (C=O) groups excluding carboxylic acids is 2. The van der Waals surface area contributed by atoms with Gasteiger partial charge in [0, 0.05) is 5.92 Å². The van der Waals surface area contributed by atoms with Crippen LogP contribution in [0.4, 0.5) is 0 Å². The van der Waals surface area contributed by atoms with E-state index in [1.165, 1.54) is 6.42 Å². The summed E-state index contributed by atoms with van der Waals surface area (Å²) in [6.45, 7) is 1.69. The van der Waals surface area contributed by atoms with Gasteiger partial charge in [-0.05, 0) is 45.4 Å². The first-order valence-corrected chi connectivity index (χ1v) is 8.10. The average molecular weight is 291 g/mol. The molecular weight excluding hydrogens is 266 g/mol. The van der Waals surface area contributed by atoms with E-state index in [4.69, 9.17) is 0 Å². The number of hydrogen-bond donors (Lipinski definition) is 2. The molecule has 0 heterocycles. The van der Waals surface area contributed by atoms with Crippen LogP contribution in [0.15, 0.2) is 0 Å². The monoisotopic (exact) mass is 291 g/mol. The van der Waals surface area contributed by atoms with E-state index in [0.717, 1.165) is 38.5 Å². The van der Waals surface area contributed by atoms with Crippen LogP contribution in [-0.2, 0) is 9.59 Å². The van der Waals surface area contributed by atoms with Crippen molar-refractivity contribution in [2.24, 2.45) is 5.92 Å². The molecule has 2 saturated carbocycles. The van der Waals surface area contributed by atoms with Gasteiger partial charge in [0.2, 0.25) is 11.8 Å². The van der Waals surface area contributed by atoms with Crippen LogP contribution in [0.2, 0.25) is 0 Å². The van der Waals surface area contributed by atoms with Crippen molar-refractivity contribution in [2.45, 2.75) is 76.3 Å². The summed E-state index contributed by atoms with van der Waals surface area (Å²) in [6, 6.07) is 1.66. The molecule has 5 heteroatoms. The van der Waals surface area contributed by atoms with Gasteiger partial charge >= 0.3 is 0 Å². The average Bonchev–Trinajstić information content (AvgIpc) is 2.97. The van der Waals surface area contributed by atoms with E-state index in [0.29, 0.717) is 12.8 Å². The van der Waals surface area contributed by atoms with E-state index in [1.54, 1.807) is 6.92 Å². The highest BCUT2D eigenvalue weighted by Gasteiger charge is 2.36. The maximum absolute atomic E-state index is 12.2. The second-order valence-electron chi connectivity index (χ2n) is 6.46. The van der Waals surface area contributed by atoms with E-state index in [9.17, 15) is 14.9 Å².